The highest BCUT2D eigenvalue weighted by molar-refractivity contribution is 5.92. The first kappa shape index (κ1) is 19.3. The summed E-state index contributed by atoms with van der Waals surface area (Å²) in [6.07, 6.45) is -0.126. The normalized spacial score (nSPS) is 11.7. The summed E-state index contributed by atoms with van der Waals surface area (Å²) in [6.45, 7) is 0. The minimum absolute atomic E-state index is 0.0244. The van der Waals surface area contributed by atoms with Crippen LogP contribution >= 0.6 is 0 Å². The standard InChI is InChI=1S/C21H17F2NO4/c1-27-20(25)12-17(13-2-6-15(22)7-3-13)24-21(26)19-11-10-18(28-19)14-4-8-16(23)9-5-14/h2-11,17H,12H2,1H3,(H,24,26). The van der Waals surface area contributed by atoms with Crippen LogP contribution in [-0.4, -0.2) is 19.0 Å². The van der Waals surface area contributed by atoms with E-state index in [1.54, 1.807) is 6.07 Å². The van der Waals surface area contributed by atoms with Gasteiger partial charge in [0.2, 0.25) is 0 Å². The molecular formula is C21H17F2NO4. The molecule has 1 N–H and O–H groups in total. The molecule has 28 heavy (non-hydrogen) atoms. The monoisotopic (exact) mass is 385 g/mol. The molecule has 0 aliphatic heterocycles. The van der Waals surface area contributed by atoms with E-state index >= 15 is 0 Å². The van der Waals surface area contributed by atoms with Crippen molar-refractivity contribution in [2.75, 3.05) is 7.11 Å². The average Bonchev–Trinajstić information content (AvgIpc) is 3.19. The zero-order valence-corrected chi connectivity index (χ0v) is 14.9. The maximum Gasteiger partial charge on any atom is 0.307 e. The van der Waals surface area contributed by atoms with Crippen molar-refractivity contribution < 1.29 is 27.5 Å². The number of amides is 1. The fourth-order valence-electron chi connectivity index (χ4n) is 2.66. The van der Waals surface area contributed by atoms with Gasteiger partial charge in [-0.25, -0.2) is 8.78 Å². The molecule has 0 radical (unpaired) electrons. The van der Waals surface area contributed by atoms with Crippen LogP contribution in [-0.2, 0) is 9.53 Å². The van der Waals surface area contributed by atoms with Crippen LogP contribution in [0.15, 0.2) is 65.1 Å². The molecule has 0 saturated heterocycles. The molecule has 1 unspecified atom stereocenters. The molecule has 3 rings (SSSR count). The van der Waals surface area contributed by atoms with Crippen LogP contribution < -0.4 is 5.32 Å². The number of benzene rings is 2. The SMILES string of the molecule is COC(=O)CC(NC(=O)c1ccc(-c2ccc(F)cc2)o1)c1ccc(F)cc1. The Bertz CT molecular complexity index is 965. The van der Waals surface area contributed by atoms with Crippen LogP contribution in [0.2, 0.25) is 0 Å². The van der Waals surface area contributed by atoms with E-state index < -0.39 is 23.7 Å². The highest BCUT2D eigenvalue weighted by atomic mass is 19.1. The van der Waals surface area contributed by atoms with Crippen molar-refractivity contribution in [1.29, 1.82) is 0 Å². The van der Waals surface area contributed by atoms with Crippen LogP contribution in [0.1, 0.15) is 28.6 Å². The summed E-state index contributed by atoms with van der Waals surface area (Å²) >= 11 is 0. The predicted molar refractivity (Wildman–Crippen MR) is 97.3 cm³/mol. The van der Waals surface area contributed by atoms with Crippen LogP contribution in [0, 0.1) is 11.6 Å². The quantitative estimate of drug-likeness (QED) is 0.644. The molecule has 0 saturated carbocycles. The smallest absolute Gasteiger partial charge is 0.307 e. The molecular weight excluding hydrogens is 368 g/mol. The van der Waals surface area contributed by atoms with Crippen LogP contribution in [0.4, 0.5) is 8.78 Å². The summed E-state index contributed by atoms with van der Waals surface area (Å²) in [4.78, 5) is 24.3. The summed E-state index contributed by atoms with van der Waals surface area (Å²) in [7, 11) is 1.24. The summed E-state index contributed by atoms with van der Waals surface area (Å²) in [5.41, 5.74) is 1.16. The summed E-state index contributed by atoms with van der Waals surface area (Å²) in [5.74, 6) is -1.46. The number of carbonyl (C=O) groups excluding carboxylic acids is 2. The van der Waals surface area contributed by atoms with E-state index in [1.165, 1.54) is 61.7 Å². The summed E-state index contributed by atoms with van der Waals surface area (Å²) < 4.78 is 36.4. The Kier molecular flexibility index (Phi) is 5.84. The Balaban J connectivity index is 1.78. The number of ether oxygens (including phenoxy) is 1. The third kappa shape index (κ3) is 4.62. The van der Waals surface area contributed by atoms with E-state index in [0.29, 0.717) is 16.9 Å². The highest BCUT2D eigenvalue weighted by Gasteiger charge is 2.21. The van der Waals surface area contributed by atoms with Crippen molar-refractivity contribution in [3.8, 4) is 11.3 Å². The van der Waals surface area contributed by atoms with Crippen LogP contribution in [0.25, 0.3) is 11.3 Å². The van der Waals surface area contributed by atoms with Crippen molar-refractivity contribution in [2.45, 2.75) is 12.5 Å². The van der Waals surface area contributed by atoms with Gasteiger partial charge < -0.3 is 14.5 Å². The molecule has 144 valence electrons. The van der Waals surface area contributed by atoms with Gasteiger partial charge in [0.1, 0.15) is 17.4 Å². The van der Waals surface area contributed by atoms with Gasteiger partial charge in [-0.2, -0.15) is 0 Å². The van der Waals surface area contributed by atoms with Gasteiger partial charge in [-0.15, -0.1) is 0 Å². The molecule has 1 heterocycles. The van der Waals surface area contributed by atoms with Gasteiger partial charge in [0.15, 0.2) is 5.76 Å². The Morgan fingerprint density at radius 1 is 0.964 bits per heavy atom. The van der Waals surface area contributed by atoms with Gasteiger partial charge in [-0.05, 0) is 54.1 Å². The fraction of sp³-hybridized carbons (Fsp3) is 0.143. The number of carbonyl (C=O) groups is 2. The van der Waals surface area contributed by atoms with Gasteiger partial charge in [0.25, 0.3) is 5.91 Å². The van der Waals surface area contributed by atoms with E-state index in [9.17, 15) is 18.4 Å². The second-order valence-electron chi connectivity index (χ2n) is 6.03. The average molecular weight is 385 g/mol. The Hall–Kier alpha value is -3.48. The molecule has 0 spiro atoms. The summed E-state index contributed by atoms with van der Waals surface area (Å²) in [6, 6.07) is 13.4. The van der Waals surface area contributed by atoms with Crippen molar-refractivity contribution >= 4 is 11.9 Å². The Morgan fingerprint density at radius 3 is 2.18 bits per heavy atom. The van der Waals surface area contributed by atoms with E-state index in [4.69, 9.17) is 4.42 Å². The minimum atomic E-state index is -0.722. The zero-order valence-electron chi connectivity index (χ0n) is 14.9. The maximum absolute atomic E-state index is 13.2. The zero-order chi connectivity index (χ0) is 20.1. The third-order valence-electron chi connectivity index (χ3n) is 4.13. The third-order valence-corrected chi connectivity index (χ3v) is 4.13. The number of hydrogen-bond acceptors (Lipinski definition) is 4. The molecule has 0 aliphatic rings. The van der Waals surface area contributed by atoms with Crippen molar-refractivity contribution in [3.05, 3.63) is 83.6 Å². The lowest BCUT2D eigenvalue weighted by molar-refractivity contribution is -0.141. The molecule has 0 fully saturated rings. The predicted octanol–water partition coefficient (Wildman–Crippen LogP) is 4.26. The number of methoxy groups -OCH3 is 1. The molecule has 7 heteroatoms. The Labute approximate surface area is 159 Å². The second-order valence-corrected chi connectivity index (χ2v) is 6.03. The highest BCUT2D eigenvalue weighted by Crippen LogP contribution is 2.24. The maximum atomic E-state index is 13.2. The van der Waals surface area contributed by atoms with Crippen LogP contribution in [0.5, 0.6) is 0 Å². The second kappa shape index (κ2) is 8.47. The van der Waals surface area contributed by atoms with Gasteiger partial charge in [-0.3, -0.25) is 9.59 Å². The lowest BCUT2D eigenvalue weighted by Crippen LogP contribution is -2.30. The van der Waals surface area contributed by atoms with E-state index in [2.05, 4.69) is 10.1 Å². The molecule has 0 bridgehead atoms. The van der Waals surface area contributed by atoms with Gasteiger partial charge in [0.05, 0.1) is 19.6 Å². The van der Waals surface area contributed by atoms with E-state index in [0.717, 1.165) is 0 Å². The van der Waals surface area contributed by atoms with E-state index in [1.807, 2.05) is 0 Å². The number of nitrogens with one attached hydrogen (secondary N) is 1. The first-order valence-electron chi connectivity index (χ1n) is 8.45. The first-order valence-corrected chi connectivity index (χ1v) is 8.45. The number of rotatable bonds is 6. The fourth-order valence-corrected chi connectivity index (χ4v) is 2.66. The van der Waals surface area contributed by atoms with Gasteiger partial charge >= 0.3 is 5.97 Å². The van der Waals surface area contributed by atoms with Crippen molar-refractivity contribution in [1.82, 2.24) is 5.32 Å². The van der Waals surface area contributed by atoms with E-state index in [-0.39, 0.29) is 18.0 Å². The lowest BCUT2D eigenvalue weighted by Gasteiger charge is -2.17. The number of halogens is 2. The first-order chi connectivity index (χ1) is 13.5. The number of hydrogen-bond donors (Lipinski definition) is 1. The summed E-state index contributed by atoms with van der Waals surface area (Å²) in [5, 5.41) is 2.69. The Morgan fingerprint density at radius 2 is 1.57 bits per heavy atom. The molecule has 2 aromatic carbocycles. The molecule has 1 amide bonds. The number of furan rings is 1. The van der Waals surface area contributed by atoms with Gasteiger partial charge in [-0.1, -0.05) is 12.1 Å². The molecule has 5 nitrogen and oxygen atoms in total. The minimum Gasteiger partial charge on any atom is -0.469 e. The molecule has 1 atom stereocenters. The largest absolute Gasteiger partial charge is 0.469 e. The molecule has 1 aromatic heterocycles. The number of esters is 1. The molecule has 0 aliphatic carbocycles. The lowest BCUT2D eigenvalue weighted by atomic mass is 10.0. The molecule has 3 aromatic rings. The topological polar surface area (TPSA) is 68.5 Å². The van der Waals surface area contributed by atoms with Crippen molar-refractivity contribution in [3.63, 3.8) is 0 Å². The van der Waals surface area contributed by atoms with Crippen molar-refractivity contribution in [2.24, 2.45) is 0 Å². The van der Waals surface area contributed by atoms with Gasteiger partial charge in [0, 0.05) is 5.56 Å². The van der Waals surface area contributed by atoms with Crippen LogP contribution in [0.3, 0.4) is 0 Å².